The van der Waals surface area contributed by atoms with Gasteiger partial charge in [-0.2, -0.15) is 11.8 Å². The molecule has 0 saturated carbocycles. The van der Waals surface area contributed by atoms with Crippen molar-refractivity contribution in [3.05, 3.63) is 0 Å². The molecule has 0 fully saturated rings. The predicted octanol–water partition coefficient (Wildman–Crippen LogP) is 1.54. The zero-order valence-corrected chi connectivity index (χ0v) is 11.6. The molecule has 0 bridgehead atoms. The van der Waals surface area contributed by atoms with Gasteiger partial charge in [-0.05, 0) is 7.05 Å². The first-order valence-electron chi connectivity index (χ1n) is 5.25. The van der Waals surface area contributed by atoms with Gasteiger partial charge in [0.15, 0.2) is 0 Å². The van der Waals surface area contributed by atoms with Gasteiger partial charge >= 0.3 is 0 Å². The van der Waals surface area contributed by atoms with E-state index in [4.69, 9.17) is 0 Å². The lowest BCUT2D eigenvalue weighted by molar-refractivity contribution is -0.129. The zero-order valence-electron chi connectivity index (χ0n) is 10.8. The maximum Gasteiger partial charge on any atom is 0.236 e. The van der Waals surface area contributed by atoms with E-state index in [1.54, 1.807) is 19.0 Å². The van der Waals surface area contributed by atoms with Gasteiger partial charge in [-0.3, -0.25) is 9.69 Å². The number of carbonyl (C=O) groups excluding carboxylic acids is 1. The van der Waals surface area contributed by atoms with E-state index in [9.17, 15) is 4.79 Å². The number of nitrogens with zero attached hydrogens (tertiary/aromatic N) is 2. The number of amides is 1. The summed E-state index contributed by atoms with van der Waals surface area (Å²) in [4.78, 5) is 15.1. The number of hydrogen-bond acceptors (Lipinski definition) is 3. The van der Waals surface area contributed by atoms with E-state index >= 15 is 0 Å². The number of hydrogen-bond donors (Lipinski definition) is 0. The maximum absolute atomic E-state index is 11.4. The molecule has 0 aromatic carbocycles. The molecule has 4 heteroatoms. The molecule has 0 aromatic heterocycles. The second-order valence-electron chi connectivity index (χ2n) is 4.99. The Kier molecular flexibility index (Phi) is 6.29. The molecule has 0 unspecified atom stereocenters. The van der Waals surface area contributed by atoms with Crippen LogP contribution in [0.4, 0.5) is 0 Å². The molecule has 0 saturated heterocycles. The molecule has 0 aromatic rings. The second-order valence-corrected chi connectivity index (χ2v) is 6.91. The van der Waals surface area contributed by atoms with Gasteiger partial charge in [-0.1, -0.05) is 20.8 Å². The summed E-state index contributed by atoms with van der Waals surface area (Å²) in [6, 6.07) is 0. The van der Waals surface area contributed by atoms with Crippen LogP contribution in [-0.2, 0) is 4.79 Å². The Balaban J connectivity index is 3.67. The summed E-state index contributed by atoms with van der Waals surface area (Å²) in [5.41, 5.74) is 0. The van der Waals surface area contributed by atoms with Crippen LogP contribution in [0.2, 0.25) is 0 Å². The lowest BCUT2D eigenvalue weighted by atomic mass is 10.3. The molecule has 0 spiro atoms. The largest absolute Gasteiger partial charge is 0.348 e. The van der Waals surface area contributed by atoms with E-state index in [1.165, 1.54) is 0 Å². The first-order valence-corrected chi connectivity index (χ1v) is 6.23. The minimum Gasteiger partial charge on any atom is -0.348 e. The van der Waals surface area contributed by atoms with Crippen LogP contribution in [-0.4, -0.2) is 60.4 Å². The van der Waals surface area contributed by atoms with E-state index in [0.29, 0.717) is 11.3 Å². The maximum atomic E-state index is 11.4. The third kappa shape index (κ3) is 8.75. The van der Waals surface area contributed by atoms with Crippen molar-refractivity contribution in [2.45, 2.75) is 25.5 Å². The van der Waals surface area contributed by atoms with E-state index in [2.05, 4.69) is 25.7 Å². The first-order chi connectivity index (χ1) is 6.72. The molecule has 0 radical (unpaired) electrons. The molecule has 0 aliphatic carbocycles. The highest BCUT2D eigenvalue weighted by Crippen LogP contribution is 2.22. The van der Waals surface area contributed by atoms with E-state index in [-0.39, 0.29) is 5.91 Å². The third-order valence-corrected chi connectivity index (χ3v) is 3.16. The first kappa shape index (κ1) is 14.8. The van der Waals surface area contributed by atoms with Crippen molar-refractivity contribution in [1.29, 1.82) is 0 Å². The molecule has 0 aliphatic rings. The average Bonchev–Trinajstić information content (AvgIpc) is 2.01. The zero-order chi connectivity index (χ0) is 12.1. The van der Waals surface area contributed by atoms with Gasteiger partial charge in [0.1, 0.15) is 0 Å². The van der Waals surface area contributed by atoms with Crippen LogP contribution in [0.15, 0.2) is 0 Å². The third-order valence-electron chi connectivity index (χ3n) is 1.91. The highest BCUT2D eigenvalue weighted by atomic mass is 32.2. The Hall–Kier alpha value is -0.220. The van der Waals surface area contributed by atoms with Crippen LogP contribution in [0.3, 0.4) is 0 Å². The molecule has 3 nitrogen and oxygen atoms in total. The van der Waals surface area contributed by atoms with Crippen LogP contribution < -0.4 is 0 Å². The Morgan fingerprint density at radius 3 is 2.13 bits per heavy atom. The van der Waals surface area contributed by atoms with Gasteiger partial charge in [0.2, 0.25) is 5.91 Å². The second kappa shape index (κ2) is 6.38. The van der Waals surface area contributed by atoms with Crippen LogP contribution in [0.1, 0.15) is 20.8 Å². The fourth-order valence-electron chi connectivity index (χ4n) is 0.959. The molecular weight excluding hydrogens is 208 g/mol. The Bertz CT molecular complexity index is 199. The normalized spacial score (nSPS) is 11.9. The summed E-state index contributed by atoms with van der Waals surface area (Å²) in [6.07, 6.45) is 0. The molecule has 0 N–H and O–H groups in total. The molecular formula is C11H24N2OS. The monoisotopic (exact) mass is 232 g/mol. The highest BCUT2D eigenvalue weighted by molar-refractivity contribution is 8.00. The summed E-state index contributed by atoms with van der Waals surface area (Å²) < 4.78 is 0.312. The minimum atomic E-state index is 0.165. The topological polar surface area (TPSA) is 23.6 Å². The molecule has 1 amide bonds. The Morgan fingerprint density at radius 1 is 1.20 bits per heavy atom. The van der Waals surface area contributed by atoms with Gasteiger partial charge in [-0.15, -0.1) is 0 Å². The van der Waals surface area contributed by atoms with Crippen molar-refractivity contribution in [2.75, 3.05) is 40.0 Å². The molecule has 15 heavy (non-hydrogen) atoms. The Morgan fingerprint density at radius 2 is 1.73 bits per heavy atom. The van der Waals surface area contributed by atoms with Crippen molar-refractivity contribution in [3.8, 4) is 0 Å². The van der Waals surface area contributed by atoms with Gasteiger partial charge in [0, 0.05) is 31.1 Å². The quantitative estimate of drug-likeness (QED) is 0.718. The van der Waals surface area contributed by atoms with Crippen molar-refractivity contribution in [1.82, 2.24) is 9.80 Å². The molecule has 0 heterocycles. The summed E-state index contributed by atoms with van der Waals surface area (Å²) in [5, 5.41) is 0. The summed E-state index contributed by atoms with van der Waals surface area (Å²) in [7, 11) is 5.57. The van der Waals surface area contributed by atoms with Crippen molar-refractivity contribution in [2.24, 2.45) is 0 Å². The lowest BCUT2D eigenvalue weighted by Crippen LogP contribution is -2.35. The number of likely N-dealkylation sites (N-methyl/N-ethyl adjacent to an activating group) is 2. The molecule has 0 atom stereocenters. The van der Waals surface area contributed by atoms with Crippen molar-refractivity contribution >= 4 is 17.7 Å². The fraction of sp³-hybridized carbons (Fsp3) is 0.909. The molecule has 90 valence electrons. The minimum absolute atomic E-state index is 0.165. The lowest BCUT2D eigenvalue weighted by Gasteiger charge is -2.22. The van der Waals surface area contributed by atoms with Crippen LogP contribution in [0.25, 0.3) is 0 Å². The standard InChI is InChI=1S/C11H24N2OS/c1-11(2,3)15-8-7-13(6)9-10(14)12(4)5/h7-9H2,1-6H3. The number of rotatable bonds is 5. The van der Waals surface area contributed by atoms with Gasteiger partial charge in [-0.25, -0.2) is 0 Å². The Labute approximate surface area is 98.2 Å². The van der Waals surface area contributed by atoms with E-state index in [1.807, 2.05) is 18.8 Å². The van der Waals surface area contributed by atoms with Gasteiger partial charge in [0.25, 0.3) is 0 Å². The van der Waals surface area contributed by atoms with Crippen LogP contribution in [0, 0.1) is 0 Å². The van der Waals surface area contributed by atoms with Crippen molar-refractivity contribution in [3.63, 3.8) is 0 Å². The SMILES string of the molecule is CN(CCSC(C)(C)C)CC(=O)N(C)C. The average molecular weight is 232 g/mol. The summed E-state index contributed by atoms with van der Waals surface area (Å²) in [6.45, 7) is 8.10. The molecule has 0 aliphatic heterocycles. The van der Waals surface area contributed by atoms with Gasteiger partial charge in [0.05, 0.1) is 6.54 Å². The fourth-order valence-corrected chi connectivity index (χ4v) is 1.97. The summed E-state index contributed by atoms with van der Waals surface area (Å²) in [5.74, 6) is 1.24. The summed E-state index contributed by atoms with van der Waals surface area (Å²) >= 11 is 1.93. The van der Waals surface area contributed by atoms with Crippen LogP contribution >= 0.6 is 11.8 Å². The van der Waals surface area contributed by atoms with E-state index < -0.39 is 0 Å². The van der Waals surface area contributed by atoms with Crippen molar-refractivity contribution < 1.29 is 4.79 Å². The number of thioether (sulfide) groups is 1. The van der Waals surface area contributed by atoms with Gasteiger partial charge < -0.3 is 4.90 Å². The highest BCUT2D eigenvalue weighted by Gasteiger charge is 2.12. The van der Waals surface area contributed by atoms with E-state index in [0.717, 1.165) is 12.3 Å². The molecule has 0 rings (SSSR count). The van der Waals surface area contributed by atoms with Crippen LogP contribution in [0.5, 0.6) is 0 Å². The number of carbonyl (C=O) groups is 1. The predicted molar refractivity (Wildman–Crippen MR) is 68.4 cm³/mol. The smallest absolute Gasteiger partial charge is 0.236 e.